The highest BCUT2D eigenvalue weighted by molar-refractivity contribution is 7.71. The van der Waals surface area contributed by atoms with Crippen LogP contribution in [0.5, 0.6) is 0 Å². The van der Waals surface area contributed by atoms with Crippen LogP contribution in [0.3, 0.4) is 0 Å². The Balaban J connectivity index is 1.41. The summed E-state index contributed by atoms with van der Waals surface area (Å²) in [5.74, 6) is -0.661. The Morgan fingerprint density at radius 1 is 1.27 bits per heavy atom. The molecule has 2 aromatic rings. The molecular formula is C18H21N3O4S. The smallest absolute Gasteiger partial charge is 0.259 e. The second-order valence-electron chi connectivity index (χ2n) is 6.90. The van der Waals surface area contributed by atoms with Crippen molar-refractivity contribution in [1.82, 2.24) is 15.3 Å². The van der Waals surface area contributed by atoms with Crippen molar-refractivity contribution < 1.29 is 14.3 Å². The second-order valence-corrected chi connectivity index (χ2v) is 7.31. The molecule has 2 aliphatic rings. The van der Waals surface area contributed by atoms with Gasteiger partial charge in [0.05, 0.1) is 17.5 Å². The van der Waals surface area contributed by atoms with E-state index in [1.54, 1.807) is 18.2 Å². The molecule has 138 valence electrons. The van der Waals surface area contributed by atoms with Gasteiger partial charge < -0.3 is 19.8 Å². The molecule has 8 heteroatoms. The molecule has 1 aromatic carbocycles. The Hall–Kier alpha value is -2.03. The van der Waals surface area contributed by atoms with Crippen LogP contribution in [-0.4, -0.2) is 40.9 Å². The Morgan fingerprint density at radius 3 is 2.88 bits per heavy atom. The fourth-order valence-corrected chi connectivity index (χ4v) is 3.89. The van der Waals surface area contributed by atoms with Crippen molar-refractivity contribution in [2.75, 3.05) is 13.2 Å². The van der Waals surface area contributed by atoms with Gasteiger partial charge in [-0.05, 0) is 43.3 Å². The molecule has 3 N–H and O–H groups in total. The number of hydrogen-bond donors (Lipinski definition) is 3. The third-order valence-electron chi connectivity index (χ3n) is 5.02. The molecule has 1 saturated carbocycles. The highest BCUT2D eigenvalue weighted by atomic mass is 32.1. The zero-order valence-electron chi connectivity index (χ0n) is 14.3. The molecule has 1 saturated heterocycles. The minimum atomic E-state index is -0.438. The van der Waals surface area contributed by atoms with Crippen molar-refractivity contribution in [2.24, 2.45) is 0 Å². The number of aromatic nitrogens is 2. The van der Waals surface area contributed by atoms with E-state index in [1.807, 2.05) is 0 Å². The number of rotatable bonds is 3. The van der Waals surface area contributed by atoms with E-state index < -0.39 is 5.79 Å². The van der Waals surface area contributed by atoms with Gasteiger partial charge in [-0.2, -0.15) is 0 Å². The first kappa shape index (κ1) is 17.4. The zero-order chi connectivity index (χ0) is 18.1. The van der Waals surface area contributed by atoms with E-state index in [2.05, 4.69) is 15.3 Å². The summed E-state index contributed by atoms with van der Waals surface area (Å²) in [5.41, 5.74) is 0.720. The summed E-state index contributed by atoms with van der Waals surface area (Å²) in [7, 11) is 0. The van der Waals surface area contributed by atoms with E-state index in [0.717, 1.165) is 25.7 Å². The van der Waals surface area contributed by atoms with Crippen LogP contribution >= 0.6 is 12.2 Å². The van der Waals surface area contributed by atoms with Gasteiger partial charge in [0.2, 0.25) is 0 Å². The van der Waals surface area contributed by atoms with Crippen LogP contribution in [0.2, 0.25) is 0 Å². The topological polar surface area (TPSA) is 96.2 Å². The van der Waals surface area contributed by atoms with Gasteiger partial charge in [0.1, 0.15) is 6.10 Å². The Labute approximate surface area is 155 Å². The number of H-pyrrole nitrogens is 2. The Kier molecular flexibility index (Phi) is 4.64. The van der Waals surface area contributed by atoms with E-state index in [4.69, 9.17) is 21.7 Å². The summed E-state index contributed by atoms with van der Waals surface area (Å²) in [6, 6.07) is 4.86. The molecule has 1 atom stereocenters. The first-order valence-electron chi connectivity index (χ1n) is 8.91. The zero-order valence-corrected chi connectivity index (χ0v) is 15.1. The number of aromatic amines is 2. The lowest BCUT2D eigenvalue weighted by Crippen LogP contribution is -2.37. The van der Waals surface area contributed by atoms with Crippen molar-refractivity contribution in [1.29, 1.82) is 0 Å². The Morgan fingerprint density at radius 2 is 2.08 bits per heavy atom. The molecule has 1 spiro atoms. The molecule has 26 heavy (non-hydrogen) atoms. The summed E-state index contributed by atoms with van der Waals surface area (Å²) >= 11 is 4.98. The summed E-state index contributed by atoms with van der Waals surface area (Å²) in [5, 5.41) is 3.35. The number of fused-ring (bicyclic) bond motifs is 1. The van der Waals surface area contributed by atoms with Crippen LogP contribution in [0.1, 0.15) is 42.5 Å². The van der Waals surface area contributed by atoms with Gasteiger partial charge in [-0.1, -0.05) is 6.42 Å². The summed E-state index contributed by atoms with van der Waals surface area (Å²) in [6.07, 6.45) is 5.19. The number of hydrogen-bond acceptors (Lipinski definition) is 5. The van der Waals surface area contributed by atoms with Crippen LogP contribution in [0, 0.1) is 4.77 Å². The monoisotopic (exact) mass is 375 g/mol. The maximum absolute atomic E-state index is 12.4. The van der Waals surface area contributed by atoms with Crippen molar-refractivity contribution in [3.8, 4) is 0 Å². The lowest BCUT2D eigenvalue weighted by Gasteiger charge is -2.31. The van der Waals surface area contributed by atoms with E-state index in [9.17, 15) is 9.59 Å². The minimum Gasteiger partial charge on any atom is -0.349 e. The quantitative estimate of drug-likeness (QED) is 0.716. The number of amides is 1. The molecule has 2 heterocycles. The van der Waals surface area contributed by atoms with Gasteiger partial charge >= 0.3 is 0 Å². The molecule has 1 aromatic heterocycles. The van der Waals surface area contributed by atoms with Crippen LogP contribution in [0.15, 0.2) is 23.0 Å². The molecule has 1 amide bonds. The molecule has 1 unspecified atom stereocenters. The van der Waals surface area contributed by atoms with Crippen LogP contribution in [-0.2, 0) is 9.47 Å². The molecule has 0 radical (unpaired) electrons. The molecular weight excluding hydrogens is 354 g/mol. The number of carbonyl (C=O) groups is 1. The number of benzene rings is 1. The van der Waals surface area contributed by atoms with E-state index >= 15 is 0 Å². The molecule has 4 rings (SSSR count). The fraction of sp³-hybridized carbons (Fsp3) is 0.500. The van der Waals surface area contributed by atoms with Crippen LogP contribution in [0.25, 0.3) is 10.9 Å². The predicted octanol–water partition coefficient (Wildman–Crippen LogP) is 2.39. The Bertz CT molecular complexity index is 945. The van der Waals surface area contributed by atoms with Crippen molar-refractivity contribution in [3.05, 3.63) is 38.9 Å². The maximum Gasteiger partial charge on any atom is 0.259 e. The van der Waals surface area contributed by atoms with E-state index in [1.165, 1.54) is 6.42 Å². The van der Waals surface area contributed by atoms with E-state index in [-0.39, 0.29) is 22.3 Å². The minimum absolute atomic E-state index is 0.133. The van der Waals surface area contributed by atoms with Gasteiger partial charge in [-0.25, -0.2) is 0 Å². The van der Waals surface area contributed by atoms with Crippen molar-refractivity contribution >= 4 is 29.0 Å². The lowest BCUT2D eigenvalue weighted by molar-refractivity contribution is -0.186. The third kappa shape index (κ3) is 3.44. The van der Waals surface area contributed by atoms with Crippen molar-refractivity contribution in [2.45, 2.75) is 44.0 Å². The molecule has 7 nitrogen and oxygen atoms in total. The van der Waals surface area contributed by atoms with Crippen LogP contribution in [0.4, 0.5) is 0 Å². The molecule has 2 fully saturated rings. The van der Waals surface area contributed by atoms with Gasteiger partial charge in [0, 0.05) is 24.9 Å². The predicted molar refractivity (Wildman–Crippen MR) is 98.7 cm³/mol. The lowest BCUT2D eigenvalue weighted by atomic mass is 9.94. The van der Waals surface area contributed by atoms with E-state index in [0.29, 0.717) is 29.6 Å². The summed E-state index contributed by atoms with van der Waals surface area (Å²) < 4.78 is 12.2. The standard InChI is InChI=1S/C18H21N3O4S/c22-15(11-4-5-13-14(8-11)20-17(26)21-16(13)23)19-9-12-10-24-18(25-12)6-2-1-3-7-18/h4-5,8,12H,1-3,6-7,9-10H2,(H,19,22)(H2,20,21,23,26). The highest BCUT2D eigenvalue weighted by Crippen LogP contribution is 2.37. The van der Waals surface area contributed by atoms with Crippen LogP contribution < -0.4 is 10.9 Å². The second kappa shape index (κ2) is 6.94. The molecule has 1 aliphatic carbocycles. The SMILES string of the molecule is O=C(NCC1COC2(CCCCC2)O1)c1ccc2c(=O)[nH]c(=S)[nH]c2c1. The number of ether oxygens (including phenoxy) is 2. The normalized spacial score (nSPS) is 21.9. The van der Waals surface area contributed by atoms with Crippen molar-refractivity contribution in [3.63, 3.8) is 0 Å². The average molecular weight is 375 g/mol. The summed E-state index contributed by atoms with van der Waals surface area (Å²) in [4.78, 5) is 29.7. The van der Waals surface area contributed by atoms with Gasteiger partial charge in [0.25, 0.3) is 11.5 Å². The average Bonchev–Trinajstić information content (AvgIpc) is 3.02. The first-order chi connectivity index (χ1) is 12.5. The molecule has 1 aliphatic heterocycles. The largest absolute Gasteiger partial charge is 0.349 e. The van der Waals surface area contributed by atoms with Gasteiger partial charge in [-0.3, -0.25) is 14.6 Å². The first-order valence-corrected chi connectivity index (χ1v) is 9.32. The third-order valence-corrected chi connectivity index (χ3v) is 5.23. The van der Waals surface area contributed by atoms with Gasteiger partial charge in [-0.15, -0.1) is 0 Å². The summed E-state index contributed by atoms with van der Waals surface area (Å²) in [6.45, 7) is 0.893. The molecule has 0 bridgehead atoms. The number of nitrogens with one attached hydrogen (secondary N) is 3. The maximum atomic E-state index is 12.4. The highest BCUT2D eigenvalue weighted by Gasteiger charge is 2.42. The fourth-order valence-electron chi connectivity index (χ4n) is 3.69. The van der Waals surface area contributed by atoms with Gasteiger partial charge in [0.15, 0.2) is 10.6 Å². The number of carbonyl (C=O) groups excluding carboxylic acids is 1.